The Morgan fingerprint density at radius 3 is 2.49 bits per heavy atom. The van der Waals surface area contributed by atoms with Gasteiger partial charge in [0.2, 0.25) is 5.91 Å². The first-order valence-corrected chi connectivity index (χ1v) is 29.0. The fourth-order valence-electron chi connectivity index (χ4n) is 14.2. The van der Waals surface area contributed by atoms with Gasteiger partial charge in [-0.1, -0.05) is 26.8 Å². The number of ether oxygens (including phenoxy) is 4. The van der Waals surface area contributed by atoms with Gasteiger partial charge in [0.25, 0.3) is 5.91 Å². The second-order valence-electron chi connectivity index (χ2n) is 23.9. The van der Waals surface area contributed by atoms with E-state index >= 15 is 9.59 Å². The lowest BCUT2D eigenvalue weighted by molar-refractivity contribution is -0.157. The molecule has 12 rings (SSSR count). The van der Waals surface area contributed by atoms with E-state index in [1.807, 2.05) is 18.5 Å². The molecule has 3 aromatic heterocycles. The van der Waals surface area contributed by atoms with Crippen LogP contribution < -0.4 is 25.4 Å². The lowest BCUT2D eigenvalue weighted by atomic mass is 9.77. The molecule has 10 heterocycles. The molecule has 2 N–H and O–H groups in total. The number of nitrogens with zero attached hydrogens (tertiary/aromatic N) is 9. The molecule has 1 unspecified atom stereocenters. The molecule has 0 spiro atoms. The highest BCUT2D eigenvalue weighted by molar-refractivity contribution is 5.95. The number of pyridine rings is 2. The van der Waals surface area contributed by atoms with Gasteiger partial charge >= 0.3 is 5.97 Å². The number of carbonyl (C=O) groups is 3. The fourth-order valence-corrected chi connectivity index (χ4v) is 14.2. The van der Waals surface area contributed by atoms with Gasteiger partial charge in [-0.05, 0) is 106 Å². The van der Waals surface area contributed by atoms with Crippen LogP contribution in [0.1, 0.15) is 102 Å². The number of hydrazine groups is 1. The zero-order valence-corrected chi connectivity index (χ0v) is 46.3. The first kappa shape index (κ1) is 52.3. The van der Waals surface area contributed by atoms with Crippen LogP contribution in [0.25, 0.3) is 22.2 Å². The van der Waals surface area contributed by atoms with Crippen LogP contribution in [0.15, 0.2) is 48.8 Å². The Kier molecular flexibility index (Phi) is 14.7. The molecule has 8 atom stereocenters. The van der Waals surface area contributed by atoms with Crippen LogP contribution >= 0.6 is 0 Å². The van der Waals surface area contributed by atoms with Crippen LogP contribution in [0.3, 0.4) is 0 Å². The van der Waals surface area contributed by atoms with Gasteiger partial charge in [0, 0.05) is 125 Å². The topological polar surface area (TPSA) is 162 Å². The number of cyclic esters (lactones) is 1. The number of hydrogen-bond donors (Lipinski definition) is 2. The molecule has 18 heteroatoms. The SMILES string of the molecule is CCn1c(-c2cc(N3CCN(C4CC4)CC3)cnc2[C@H](C)OC)c2c3cc(ccc31)N1CCO[C@H](C1)[C@@H](N1CCOCC1)[C@H](NC(=O)[C@@H]1C(C)c3cccnc3N3CCC[C@H]13)C(=O)N1CCC[C@H](N1)C(=O)OCC(C)(C)C2. The number of aromatic nitrogens is 3. The van der Waals surface area contributed by atoms with Crippen molar-refractivity contribution < 1.29 is 33.3 Å². The molecule has 0 radical (unpaired) electrons. The number of amides is 2. The third-order valence-electron chi connectivity index (χ3n) is 18.5. The Balaban J connectivity index is 0.959. The minimum absolute atomic E-state index is 0.0488. The summed E-state index contributed by atoms with van der Waals surface area (Å²) in [5, 5.41) is 6.19. The molecule has 4 aromatic rings. The summed E-state index contributed by atoms with van der Waals surface area (Å²) in [6.07, 6.45) is 9.27. The Morgan fingerprint density at radius 1 is 0.909 bits per heavy atom. The van der Waals surface area contributed by atoms with Crippen molar-refractivity contribution >= 4 is 45.9 Å². The van der Waals surface area contributed by atoms with Crippen molar-refractivity contribution in [2.75, 3.05) is 114 Å². The summed E-state index contributed by atoms with van der Waals surface area (Å²) in [5.74, 6) is -0.425. The van der Waals surface area contributed by atoms with E-state index < -0.39 is 41.5 Å². The number of rotatable bonds is 9. The van der Waals surface area contributed by atoms with Gasteiger partial charge in [0.1, 0.15) is 17.9 Å². The van der Waals surface area contributed by atoms with Gasteiger partial charge in [0.15, 0.2) is 0 Å². The summed E-state index contributed by atoms with van der Waals surface area (Å²) in [6.45, 7) is 20.6. The van der Waals surface area contributed by atoms with Crippen molar-refractivity contribution in [1.82, 2.24) is 40.1 Å². The monoisotopic (exact) mass is 1060 g/mol. The van der Waals surface area contributed by atoms with Gasteiger partial charge in [0.05, 0.1) is 73.9 Å². The minimum Gasteiger partial charge on any atom is -0.464 e. The van der Waals surface area contributed by atoms with Crippen LogP contribution in [0.2, 0.25) is 0 Å². The van der Waals surface area contributed by atoms with Gasteiger partial charge in [-0.25, -0.2) is 10.4 Å². The van der Waals surface area contributed by atoms with Gasteiger partial charge in [-0.3, -0.25) is 34.2 Å². The molecule has 6 fully saturated rings. The quantitative estimate of drug-likeness (QED) is 0.202. The average Bonchev–Trinajstić information content (AvgIpc) is 4.14. The number of fused-ring (bicyclic) bond motifs is 9. The van der Waals surface area contributed by atoms with E-state index in [0.29, 0.717) is 71.8 Å². The van der Waals surface area contributed by atoms with E-state index in [0.717, 1.165) is 109 Å². The molecule has 414 valence electrons. The third kappa shape index (κ3) is 10.1. The molecule has 7 aliphatic heterocycles. The number of carbonyl (C=O) groups excluding carboxylic acids is 3. The van der Waals surface area contributed by atoms with Crippen molar-refractivity contribution in [3.8, 4) is 11.3 Å². The maximum absolute atomic E-state index is 15.7. The number of hydrogen-bond acceptors (Lipinski definition) is 15. The number of piperazine rings is 1. The first-order chi connectivity index (χ1) is 37.4. The molecular formula is C59H81N11O7. The average molecular weight is 1060 g/mol. The van der Waals surface area contributed by atoms with Gasteiger partial charge < -0.3 is 43.5 Å². The highest BCUT2D eigenvalue weighted by atomic mass is 16.5. The van der Waals surface area contributed by atoms with Crippen LogP contribution in [0, 0.1) is 11.3 Å². The van der Waals surface area contributed by atoms with Crippen molar-refractivity contribution in [1.29, 1.82) is 0 Å². The van der Waals surface area contributed by atoms with E-state index in [1.54, 1.807) is 12.1 Å². The second kappa shape index (κ2) is 21.7. The lowest BCUT2D eigenvalue weighted by Gasteiger charge is -2.48. The minimum atomic E-state index is -1.02. The number of methoxy groups -OCH3 is 1. The van der Waals surface area contributed by atoms with Gasteiger partial charge in [-0.2, -0.15) is 0 Å². The number of nitrogens with one attached hydrogen (secondary N) is 2. The molecule has 77 heavy (non-hydrogen) atoms. The highest BCUT2D eigenvalue weighted by Gasteiger charge is 2.50. The predicted molar refractivity (Wildman–Crippen MR) is 296 cm³/mol. The number of benzene rings is 1. The van der Waals surface area contributed by atoms with Gasteiger partial charge in [-0.15, -0.1) is 0 Å². The largest absolute Gasteiger partial charge is 0.464 e. The van der Waals surface area contributed by atoms with Crippen molar-refractivity contribution in [3.63, 3.8) is 0 Å². The Bertz CT molecular complexity index is 2820. The first-order valence-electron chi connectivity index (χ1n) is 29.0. The Labute approximate surface area is 454 Å². The molecule has 1 saturated carbocycles. The highest BCUT2D eigenvalue weighted by Crippen LogP contribution is 2.46. The smallest absolute Gasteiger partial charge is 0.324 e. The molecule has 1 aromatic carbocycles. The number of anilines is 3. The zero-order valence-electron chi connectivity index (χ0n) is 46.3. The molecule has 8 aliphatic rings. The van der Waals surface area contributed by atoms with Crippen LogP contribution in [0.4, 0.5) is 17.2 Å². The van der Waals surface area contributed by atoms with Crippen molar-refractivity contribution in [2.45, 2.75) is 134 Å². The molecule has 2 amide bonds. The third-order valence-corrected chi connectivity index (χ3v) is 18.5. The maximum atomic E-state index is 15.7. The van der Waals surface area contributed by atoms with Crippen molar-refractivity contribution in [2.24, 2.45) is 11.3 Å². The summed E-state index contributed by atoms with van der Waals surface area (Å²) in [6, 6.07) is 11.6. The fraction of sp³-hybridized carbons (Fsp3) is 0.644. The molecule has 18 nitrogen and oxygen atoms in total. The predicted octanol–water partition coefficient (Wildman–Crippen LogP) is 5.52. The summed E-state index contributed by atoms with van der Waals surface area (Å²) in [7, 11) is 1.75. The number of morpholine rings is 2. The van der Waals surface area contributed by atoms with Crippen LogP contribution in [-0.2, 0) is 46.3 Å². The van der Waals surface area contributed by atoms with Crippen LogP contribution in [-0.4, -0.2) is 182 Å². The standard InChI is InChI=1S/C59H81N11O7/c1-7-68-47-17-16-40-31-43(47)45(53(68)44-32-41(34-61-51(44)38(3)74-6)65-23-21-64(22-24-65)39-14-15-39)33-59(4,5)36-77-58(73)46-12-9-20-70(63-46)57(72)52(54(66-25-28-75-29-26-66)49-35-67(40)27-30-76-49)62-56(71)50-37(2)42-11-8-18-60-55(42)69-19-10-13-48(50)69/h8,11,16-18,31-32,34,37-39,46,48-50,52,54,63H,7,9-10,12-15,19-30,33,35-36H2,1-6H3,(H,62,71)/t37?,38-,46-,48+,49+,50+,52-,54+/m0/s1. The summed E-state index contributed by atoms with van der Waals surface area (Å²) in [5.41, 5.74) is 11.4. The normalized spacial score (nSPS) is 28.9. The van der Waals surface area contributed by atoms with E-state index in [9.17, 15) is 4.79 Å². The summed E-state index contributed by atoms with van der Waals surface area (Å²) >= 11 is 0. The Morgan fingerprint density at radius 2 is 1.71 bits per heavy atom. The zero-order chi connectivity index (χ0) is 53.1. The lowest BCUT2D eigenvalue weighted by Crippen LogP contribution is -2.70. The number of aryl methyl sites for hydroxylation is 1. The van der Waals surface area contributed by atoms with E-state index in [4.69, 9.17) is 28.9 Å². The van der Waals surface area contributed by atoms with E-state index in [2.05, 4.69) is 105 Å². The Hall–Kier alpha value is -5.37. The molecule has 1 aliphatic carbocycles. The van der Waals surface area contributed by atoms with E-state index in [-0.39, 0.29) is 36.5 Å². The van der Waals surface area contributed by atoms with Crippen LogP contribution in [0.5, 0.6) is 0 Å². The summed E-state index contributed by atoms with van der Waals surface area (Å²) < 4.78 is 27.8. The second-order valence-corrected chi connectivity index (χ2v) is 23.9. The van der Waals surface area contributed by atoms with Crippen molar-refractivity contribution in [3.05, 3.63) is 65.6 Å². The maximum Gasteiger partial charge on any atom is 0.324 e. The summed E-state index contributed by atoms with van der Waals surface area (Å²) in [4.78, 5) is 67.8. The molecular weight excluding hydrogens is 975 g/mol. The van der Waals surface area contributed by atoms with E-state index in [1.165, 1.54) is 18.4 Å². The molecule has 5 saturated heterocycles. The number of esters is 1. The molecule has 6 bridgehead atoms.